The number of rotatable bonds is 1. The van der Waals surface area contributed by atoms with Crippen molar-refractivity contribution >= 4 is 0 Å². The summed E-state index contributed by atoms with van der Waals surface area (Å²) in [6, 6.07) is 0. The van der Waals surface area contributed by atoms with Gasteiger partial charge in [-0.1, -0.05) is 20.8 Å². The molecule has 72 valence electrons. The number of hydrogen-bond donors (Lipinski definition) is 1. The van der Waals surface area contributed by atoms with Gasteiger partial charge in [-0.3, -0.25) is 0 Å². The summed E-state index contributed by atoms with van der Waals surface area (Å²) in [6.45, 7) is 9.53. The van der Waals surface area contributed by atoms with E-state index in [1.54, 1.807) is 0 Å². The van der Waals surface area contributed by atoms with Gasteiger partial charge in [-0.2, -0.15) is 0 Å². The van der Waals surface area contributed by atoms with Crippen LogP contribution in [0.1, 0.15) is 40.0 Å². The maximum absolute atomic E-state index is 3.52. The molecule has 0 bridgehead atoms. The van der Waals surface area contributed by atoms with E-state index in [-0.39, 0.29) is 0 Å². The highest BCUT2D eigenvalue weighted by atomic mass is 14.9. The zero-order chi connectivity index (χ0) is 8.97. The molecule has 0 radical (unpaired) electrons. The van der Waals surface area contributed by atoms with Crippen LogP contribution >= 0.6 is 0 Å². The molecule has 2 unspecified atom stereocenters. The average molecular weight is 169 g/mol. The van der Waals surface area contributed by atoms with E-state index in [2.05, 4.69) is 26.1 Å². The Morgan fingerprint density at radius 1 is 1.17 bits per heavy atom. The third kappa shape index (κ3) is 3.14. The summed E-state index contributed by atoms with van der Waals surface area (Å²) in [5.74, 6) is 2.71. The Bertz CT molecular complexity index is 120. The summed E-state index contributed by atoms with van der Waals surface area (Å²) in [7, 11) is 0. The molecule has 1 saturated heterocycles. The van der Waals surface area contributed by atoms with Crippen molar-refractivity contribution in [2.75, 3.05) is 13.1 Å². The fourth-order valence-corrected chi connectivity index (χ4v) is 2.05. The van der Waals surface area contributed by atoms with Crippen molar-refractivity contribution in [2.24, 2.45) is 17.8 Å². The van der Waals surface area contributed by atoms with E-state index >= 15 is 0 Å². The molecule has 2 atom stereocenters. The Balaban J connectivity index is 2.34. The molecule has 0 aliphatic carbocycles. The molecule has 1 fully saturated rings. The molecule has 1 aliphatic rings. The monoisotopic (exact) mass is 169 g/mol. The van der Waals surface area contributed by atoms with Crippen LogP contribution in [0.5, 0.6) is 0 Å². The number of nitrogens with one attached hydrogen (secondary N) is 1. The van der Waals surface area contributed by atoms with Gasteiger partial charge in [0.05, 0.1) is 0 Å². The fraction of sp³-hybridized carbons (Fsp3) is 1.00. The van der Waals surface area contributed by atoms with Crippen LogP contribution in [-0.2, 0) is 0 Å². The quantitative estimate of drug-likeness (QED) is 0.636. The SMILES string of the molecule is CC1CCC(C(C)C)CCNC1. The molecular weight excluding hydrogens is 146 g/mol. The van der Waals surface area contributed by atoms with E-state index in [0.29, 0.717) is 0 Å². The molecule has 0 spiro atoms. The van der Waals surface area contributed by atoms with Gasteiger partial charge in [-0.05, 0) is 50.1 Å². The first-order chi connectivity index (χ1) is 5.70. The van der Waals surface area contributed by atoms with Crippen LogP contribution in [-0.4, -0.2) is 13.1 Å². The Morgan fingerprint density at radius 3 is 2.58 bits per heavy atom. The third-order valence-electron chi connectivity index (χ3n) is 3.16. The van der Waals surface area contributed by atoms with Gasteiger partial charge in [-0.15, -0.1) is 0 Å². The van der Waals surface area contributed by atoms with Crippen LogP contribution in [0.2, 0.25) is 0 Å². The first-order valence-corrected chi connectivity index (χ1v) is 5.41. The van der Waals surface area contributed by atoms with Gasteiger partial charge in [0.1, 0.15) is 0 Å². The zero-order valence-electron chi connectivity index (χ0n) is 8.77. The van der Waals surface area contributed by atoms with Gasteiger partial charge in [0.25, 0.3) is 0 Å². The second-order valence-corrected chi connectivity index (χ2v) is 4.68. The Labute approximate surface area is 76.9 Å². The molecule has 1 rings (SSSR count). The van der Waals surface area contributed by atoms with Crippen molar-refractivity contribution < 1.29 is 0 Å². The minimum absolute atomic E-state index is 0.872. The molecule has 0 aromatic rings. The molecule has 1 heterocycles. The van der Waals surface area contributed by atoms with Crippen LogP contribution in [0.4, 0.5) is 0 Å². The van der Waals surface area contributed by atoms with E-state index in [0.717, 1.165) is 17.8 Å². The van der Waals surface area contributed by atoms with Gasteiger partial charge >= 0.3 is 0 Å². The summed E-state index contributed by atoms with van der Waals surface area (Å²) in [4.78, 5) is 0. The van der Waals surface area contributed by atoms with Crippen molar-refractivity contribution in [3.63, 3.8) is 0 Å². The minimum atomic E-state index is 0.872. The summed E-state index contributed by atoms with van der Waals surface area (Å²) in [5, 5.41) is 3.52. The Kier molecular flexibility index (Phi) is 4.07. The second kappa shape index (κ2) is 4.86. The molecule has 1 aliphatic heterocycles. The van der Waals surface area contributed by atoms with Gasteiger partial charge in [0.15, 0.2) is 0 Å². The lowest BCUT2D eigenvalue weighted by atomic mass is 9.85. The molecular formula is C11H23N. The lowest BCUT2D eigenvalue weighted by molar-refractivity contribution is 0.277. The summed E-state index contributed by atoms with van der Waals surface area (Å²) in [5.41, 5.74) is 0. The standard InChI is InChI=1S/C11H23N/c1-9(2)11-5-4-10(3)8-12-7-6-11/h9-12H,4-8H2,1-3H3. The molecule has 12 heavy (non-hydrogen) atoms. The Morgan fingerprint density at radius 2 is 1.92 bits per heavy atom. The predicted molar refractivity (Wildman–Crippen MR) is 54.2 cm³/mol. The summed E-state index contributed by atoms with van der Waals surface area (Å²) in [6.07, 6.45) is 4.24. The lowest BCUT2D eigenvalue weighted by Crippen LogP contribution is -2.28. The molecule has 1 heteroatoms. The van der Waals surface area contributed by atoms with E-state index in [4.69, 9.17) is 0 Å². The smallest absolute Gasteiger partial charge is 0.00232 e. The second-order valence-electron chi connectivity index (χ2n) is 4.68. The van der Waals surface area contributed by atoms with E-state index in [1.165, 1.54) is 32.4 Å². The van der Waals surface area contributed by atoms with Crippen molar-refractivity contribution in [3.05, 3.63) is 0 Å². The largest absolute Gasteiger partial charge is 0.316 e. The molecule has 0 saturated carbocycles. The summed E-state index contributed by atoms with van der Waals surface area (Å²) >= 11 is 0. The van der Waals surface area contributed by atoms with Gasteiger partial charge in [-0.25, -0.2) is 0 Å². The van der Waals surface area contributed by atoms with Crippen LogP contribution in [0, 0.1) is 17.8 Å². The highest BCUT2D eigenvalue weighted by molar-refractivity contribution is 4.70. The van der Waals surface area contributed by atoms with E-state index in [9.17, 15) is 0 Å². The molecule has 0 amide bonds. The van der Waals surface area contributed by atoms with Crippen LogP contribution < -0.4 is 5.32 Å². The van der Waals surface area contributed by atoms with E-state index in [1.807, 2.05) is 0 Å². The third-order valence-corrected chi connectivity index (χ3v) is 3.16. The lowest BCUT2D eigenvalue weighted by Gasteiger charge is -2.26. The predicted octanol–water partition coefficient (Wildman–Crippen LogP) is 2.67. The number of hydrogen-bond acceptors (Lipinski definition) is 1. The van der Waals surface area contributed by atoms with Crippen molar-refractivity contribution in [1.82, 2.24) is 5.32 Å². The topological polar surface area (TPSA) is 12.0 Å². The van der Waals surface area contributed by atoms with Gasteiger partial charge in [0.2, 0.25) is 0 Å². The zero-order valence-corrected chi connectivity index (χ0v) is 8.77. The first-order valence-electron chi connectivity index (χ1n) is 5.41. The molecule has 1 nitrogen and oxygen atoms in total. The fourth-order valence-electron chi connectivity index (χ4n) is 2.05. The van der Waals surface area contributed by atoms with Gasteiger partial charge in [0, 0.05) is 0 Å². The van der Waals surface area contributed by atoms with Crippen molar-refractivity contribution in [3.8, 4) is 0 Å². The highest BCUT2D eigenvalue weighted by Crippen LogP contribution is 2.24. The average Bonchev–Trinajstić information content (AvgIpc) is 1.97. The molecule has 0 aromatic carbocycles. The van der Waals surface area contributed by atoms with Gasteiger partial charge < -0.3 is 5.32 Å². The minimum Gasteiger partial charge on any atom is -0.316 e. The normalized spacial score (nSPS) is 33.0. The van der Waals surface area contributed by atoms with Crippen LogP contribution in [0.3, 0.4) is 0 Å². The maximum Gasteiger partial charge on any atom is -0.00232 e. The first kappa shape index (κ1) is 10.0. The van der Waals surface area contributed by atoms with Crippen LogP contribution in [0.25, 0.3) is 0 Å². The molecule has 1 N–H and O–H groups in total. The van der Waals surface area contributed by atoms with Crippen LogP contribution in [0.15, 0.2) is 0 Å². The summed E-state index contributed by atoms with van der Waals surface area (Å²) < 4.78 is 0. The maximum atomic E-state index is 3.52. The molecule has 0 aromatic heterocycles. The van der Waals surface area contributed by atoms with Crippen molar-refractivity contribution in [1.29, 1.82) is 0 Å². The van der Waals surface area contributed by atoms with E-state index < -0.39 is 0 Å². The van der Waals surface area contributed by atoms with Crippen molar-refractivity contribution in [2.45, 2.75) is 40.0 Å². The Hall–Kier alpha value is -0.0400. The highest BCUT2D eigenvalue weighted by Gasteiger charge is 2.16.